The van der Waals surface area contributed by atoms with Crippen LogP contribution in [0.3, 0.4) is 0 Å². The van der Waals surface area contributed by atoms with Gasteiger partial charge in [0.05, 0.1) is 6.54 Å². The van der Waals surface area contributed by atoms with Crippen molar-refractivity contribution < 1.29 is 4.79 Å². The summed E-state index contributed by atoms with van der Waals surface area (Å²) in [6, 6.07) is 17.7. The molecule has 0 atom stereocenters. The van der Waals surface area contributed by atoms with Gasteiger partial charge in [-0.1, -0.05) is 49.4 Å². The summed E-state index contributed by atoms with van der Waals surface area (Å²) in [6.07, 6.45) is 0.842. The van der Waals surface area contributed by atoms with Crippen molar-refractivity contribution in [2.24, 2.45) is 5.84 Å². The molecule has 0 saturated carbocycles. The lowest BCUT2D eigenvalue weighted by Crippen LogP contribution is -2.30. The Bertz CT molecular complexity index is 1220. The summed E-state index contributed by atoms with van der Waals surface area (Å²) in [5.74, 6) is 6.06. The van der Waals surface area contributed by atoms with Crippen LogP contribution in [0.25, 0.3) is 22.3 Å². The quantitative estimate of drug-likeness (QED) is 0.302. The van der Waals surface area contributed by atoms with E-state index in [4.69, 9.17) is 15.8 Å². The molecule has 4 aromatic rings. The van der Waals surface area contributed by atoms with Crippen molar-refractivity contribution in [1.29, 1.82) is 0 Å². The average Bonchev–Trinajstić information content (AvgIpc) is 3.11. The third kappa shape index (κ3) is 3.57. The highest BCUT2D eigenvalue weighted by Gasteiger charge is 2.15. The topological polar surface area (TPSA) is 85.8 Å². The Kier molecular flexibility index (Phi) is 5.33. The summed E-state index contributed by atoms with van der Waals surface area (Å²) in [5.41, 5.74) is 9.77. The number of amides is 1. The molecule has 0 aliphatic rings. The maximum Gasteiger partial charge on any atom is 0.265 e. The Labute approximate surface area is 175 Å². The molecular weight excluding hydrogens is 374 g/mol. The van der Waals surface area contributed by atoms with E-state index in [-0.39, 0.29) is 5.91 Å². The number of pyridine rings is 1. The highest BCUT2D eigenvalue weighted by atomic mass is 16.2. The Morgan fingerprint density at radius 2 is 1.80 bits per heavy atom. The van der Waals surface area contributed by atoms with Crippen LogP contribution in [-0.4, -0.2) is 20.4 Å². The number of hydrogen-bond acceptors (Lipinski definition) is 4. The number of nitrogens with two attached hydrogens (primary N) is 1. The summed E-state index contributed by atoms with van der Waals surface area (Å²) in [7, 11) is 0. The first-order valence-corrected chi connectivity index (χ1v) is 10.0. The third-order valence-corrected chi connectivity index (χ3v) is 5.33. The van der Waals surface area contributed by atoms with Gasteiger partial charge in [-0.3, -0.25) is 10.2 Å². The lowest BCUT2D eigenvalue weighted by atomic mass is 9.98. The van der Waals surface area contributed by atoms with E-state index < -0.39 is 0 Å². The number of aryl methyl sites for hydroxylation is 3. The zero-order valence-corrected chi connectivity index (χ0v) is 17.4. The molecule has 1 amide bonds. The number of carbonyl (C=O) groups is 1. The molecule has 6 nitrogen and oxygen atoms in total. The minimum atomic E-state index is -0.302. The van der Waals surface area contributed by atoms with E-state index in [9.17, 15) is 4.79 Å². The fourth-order valence-electron chi connectivity index (χ4n) is 3.87. The van der Waals surface area contributed by atoms with Gasteiger partial charge in [0.15, 0.2) is 5.65 Å². The number of carbonyl (C=O) groups excluding carboxylic acids is 1. The number of nitrogens with one attached hydrogen (secondary N) is 1. The van der Waals surface area contributed by atoms with Crippen LogP contribution in [0.1, 0.15) is 39.9 Å². The predicted octanol–water partition coefficient (Wildman–Crippen LogP) is 3.93. The van der Waals surface area contributed by atoms with Crippen molar-refractivity contribution in [2.45, 2.75) is 33.7 Å². The van der Waals surface area contributed by atoms with Crippen LogP contribution in [0.15, 0.2) is 54.6 Å². The van der Waals surface area contributed by atoms with Crippen molar-refractivity contribution in [3.05, 3.63) is 82.8 Å². The van der Waals surface area contributed by atoms with Gasteiger partial charge in [0.1, 0.15) is 11.3 Å². The molecule has 0 radical (unpaired) electrons. The molecule has 2 aromatic carbocycles. The Hall–Kier alpha value is -3.51. The molecule has 0 unspecified atom stereocenters. The molecular formula is C24H25N5O. The van der Waals surface area contributed by atoms with E-state index in [0.717, 1.165) is 51.4 Å². The SMILES string of the molecule is CCc1nc2c(C)cc(C)nc2n1Cc1ccc(-c2ccccc2C(=O)NN)cc1. The number of imidazole rings is 1. The van der Waals surface area contributed by atoms with Gasteiger partial charge in [-0.25, -0.2) is 15.8 Å². The largest absolute Gasteiger partial charge is 0.308 e. The highest BCUT2D eigenvalue weighted by Crippen LogP contribution is 2.25. The van der Waals surface area contributed by atoms with Crippen molar-refractivity contribution in [3.63, 3.8) is 0 Å². The summed E-state index contributed by atoms with van der Waals surface area (Å²) in [6.45, 7) is 6.90. The van der Waals surface area contributed by atoms with Gasteiger partial charge in [0.25, 0.3) is 5.91 Å². The van der Waals surface area contributed by atoms with E-state index in [2.05, 4.69) is 42.0 Å². The molecule has 0 saturated heterocycles. The van der Waals surface area contributed by atoms with Gasteiger partial charge in [0.2, 0.25) is 0 Å². The van der Waals surface area contributed by atoms with E-state index in [1.807, 2.05) is 37.3 Å². The maximum absolute atomic E-state index is 12.1. The zero-order chi connectivity index (χ0) is 21.3. The molecule has 0 aliphatic carbocycles. The molecule has 2 heterocycles. The Morgan fingerprint density at radius 3 is 2.50 bits per heavy atom. The molecule has 30 heavy (non-hydrogen) atoms. The molecule has 0 spiro atoms. The molecule has 0 fully saturated rings. The lowest BCUT2D eigenvalue weighted by molar-refractivity contribution is 0.0954. The van der Waals surface area contributed by atoms with Crippen LogP contribution in [-0.2, 0) is 13.0 Å². The first kappa shape index (κ1) is 19.8. The number of nitrogen functional groups attached to an aromatic ring is 1. The molecule has 2 aromatic heterocycles. The molecule has 0 bridgehead atoms. The van der Waals surface area contributed by atoms with Crippen LogP contribution in [0, 0.1) is 13.8 Å². The van der Waals surface area contributed by atoms with Crippen molar-refractivity contribution in [1.82, 2.24) is 20.0 Å². The number of hydrogen-bond donors (Lipinski definition) is 2. The maximum atomic E-state index is 12.1. The van der Waals surface area contributed by atoms with Crippen LogP contribution in [0.4, 0.5) is 0 Å². The van der Waals surface area contributed by atoms with Gasteiger partial charge in [-0.2, -0.15) is 0 Å². The van der Waals surface area contributed by atoms with E-state index in [0.29, 0.717) is 12.1 Å². The van der Waals surface area contributed by atoms with Crippen LogP contribution >= 0.6 is 0 Å². The van der Waals surface area contributed by atoms with Gasteiger partial charge in [-0.05, 0) is 48.2 Å². The lowest BCUT2D eigenvalue weighted by Gasteiger charge is -2.11. The normalized spacial score (nSPS) is 11.1. The molecule has 0 aliphatic heterocycles. The molecule has 3 N–H and O–H groups in total. The predicted molar refractivity (Wildman–Crippen MR) is 119 cm³/mol. The van der Waals surface area contributed by atoms with Gasteiger partial charge in [-0.15, -0.1) is 0 Å². The fraction of sp³-hybridized carbons (Fsp3) is 0.208. The molecule has 152 valence electrons. The van der Waals surface area contributed by atoms with Crippen LogP contribution in [0.5, 0.6) is 0 Å². The van der Waals surface area contributed by atoms with Crippen LogP contribution in [0.2, 0.25) is 0 Å². The van der Waals surface area contributed by atoms with Gasteiger partial charge >= 0.3 is 0 Å². The highest BCUT2D eigenvalue weighted by molar-refractivity contribution is 6.00. The number of aromatic nitrogens is 3. The standard InChI is InChI=1S/C24H25N5O/c1-4-21-27-22-15(2)13-16(3)26-23(22)29(21)14-17-9-11-18(12-10-17)19-7-5-6-8-20(19)24(30)28-25/h5-13H,4,14,25H2,1-3H3,(H,28,30). The van der Waals surface area contributed by atoms with Gasteiger partial charge < -0.3 is 4.57 Å². The second-order valence-corrected chi connectivity index (χ2v) is 7.44. The van der Waals surface area contributed by atoms with Crippen molar-refractivity contribution in [2.75, 3.05) is 0 Å². The van der Waals surface area contributed by atoms with Crippen LogP contribution < -0.4 is 11.3 Å². The first-order valence-electron chi connectivity index (χ1n) is 10.0. The monoisotopic (exact) mass is 399 g/mol. The fourth-order valence-corrected chi connectivity index (χ4v) is 3.87. The minimum absolute atomic E-state index is 0.302. The summed E-state index contributed by atoms with van der Waals surface area (Å²) in [4.78, 5) is 21.7. The number of fused-ring (bicyclic) bond motifs is 1. The minimum Gasteiger partial charge on any atom is -0.308 e. The van der Waals surface area contributed by atoms with E-state index in [1.165, 1.54) is 0 Å². The summed E-state index contributed by atoms with van der Waals surface area (Å²) in [5, 5.41) is 0. The smallest absolute Gasteiger partial charge is 0.265 e. The summed E-state index contributed by atoms with van der Waals surface area (Å²) < 4.78 is 2.19. The van der Waals surface area contributed by atoms with E-state index >= 15 is 0 Å². The molecule has 4 rings (SSSR count). The number of rotatable bonds is 5. The van der Waals surface area contributed by atoms with Crippen molar-refractivity contribution >= 4 is 17.1 Å². The van der Waals surface area contributed by atoms with Gasteiger partial charge in [0, 0.05) is 17.7 Å². The average molecular weight is 399 g/mol. The van der Waals surface area contributed by atoms with Crippen molar-refractivity contribution in [3.8, 4) is 11.1 Å². The number of benzene rings is 2. The Morgan fingerprint density at radius 1 is 1.07 bits per heavy atom. The zero-order valence-electron chi connectivity index (χ0n) is 17.4. The molecule has 6 heteroatoms. The number of hydrazine groups is 1. The Balaban J connectivity index is 1.70. The number of nitrogens with zero attached hydrogens (tertiary/aromatic N) is 3. The second kappa shape index (κ2) is 8.08. The third-order valence-electron chi connectivity index (χ3n) is 5.33. The van der Waals surface area contributed by atoms with E-state index in [1.54, 1.807) is 6.07 Å². The first-order chi connectivity index (χ1) is 14.5. The second-order valence-electron chi connectivity index (χ2n) is 7.44. The summed E-state index contributed by atoms with van der Waals surface area (Å²) >= 11 is 0.